The molecule has 0 saturated carbocycles. The monoisotopic (exact) mass is 498 g/mol. The van der Waals surface area contributed by atoms with E-state index in [-0.39, 0.29) is 0 Å². The molecule has 1 aliphatic heterocycles. The van der Waals surface area contributed by atoms with Gasteiger partial charge in [0.05, 0.1) is 0 Å². The lowest BCUT2D eigenvalue weighted by Gasteiger charge is -2.09. The molecule has 0 amide bonds. The third-order valence-electron chi connectivity index (χ3n) is 1.29. The molecule has 0 fully saturated rings. The molecule has 0 aromatic heterocycles. The van der Waals surface area contributed by atoms with Crippen LogP contribution in [0.3, 0.4) is 0 Å². The van der Waals surface area contributed by atoms with Gasteiger partial charge in [-0.1, -0.05) is 0 Å². The third kappa shape index (κ3) is 7.83. The molecule has 24 heavy (non-hydrogen) atoms. The van der Waals surface area contributed by atoms with Crippen LogP contribution in [0, 0.1) is 0 Å². The van der Waals surface area contributed by atoms with Crippen LogP contribution in [0.25, 0.3) is 0 Å². The third-order valence-corrected chi connectivity index (χ3v) is 11.6. The van der Waals surface area contributed by atoms with Gasteiger partial charge in [0.25, 0.3) is 0 Å². The topological polar surface area (TPSA) is 74.2 Å². The maximum atomic E-state index is 12.9. The van der Waals surface area contributed by atoms with Gasteiger partial charge in [0.15, 0.2) is 0 Å². The number of hydrogen-bond donors (Lipinski definition) is 0. The number of nitrogens with zero attached hydrogens (tertiary/aromatic N) is 6. The van der Waals surface area contributed by atoms with Crippen molar-refractivity contribution in [2.24, 2.45) is 27.1 Å². The summed E-state index contributed by atoms with van der Waals surface area (Å²) in [5, 5.41) is 0. The second-order valence-electron chi connectivity index (χ2n) is 3.27. The molecule has 0 saturated heterocycles. The number of rotatable bonds is 0. The predicted octanol–water partition coefficient (Wildman–Crippen LogP) is 11.3. The smallest absolute Gasteiger partial charge is 0.149 e. The van der Waals surface area contributed by atoms with Crippen molar-refractivity contribution in [1.82, 2.24) is 0 Å². The first kappa shape index (κ1) is 22.6. The fraction of sp³-hybridized carbons (Fsp3) is 0. The van der Waals surface area contributed by atoms with Gasteiger partial charge in [0, 0.05) is 0 Å². The second kappa shape index (κ2) is 6.61. The van der Waals surface area contributed by atoms with Crippen LogP contribution in [0.2, 0.25) is 0 Å². The van der Waals surface area contributed by atoms with Crippen molar-refractivity contribution < 1.29 is 50.4 Å². The zero-order valence-corrected chi connectivity index (χ0v) is 15.3. The summed E-state index contributed by atoms with van der Waals surface area (Å²) in [5.41, 5.74) is 0. The molecule has 0 bridgehead atoms. The molecule has 0 spiro atoms. The molecule has 144 valence electrons. The molecular weight excluding hydrogens is 498 g/mol. The fourth-order valence-electron chi connectivity index (χ4n) is 0.884. The van der Waals surface area contributed by atoms with Crippen molar-refractivity contribution in [2.75, 3.05) is 0 Å². The molecule has 1 rings (SSSR count). The maximum Gasteiger partial charge on any atom is 0.425 e. The van der Waals surface area contributed by atoms with E-state index in [0.29, 0.717) is 0 Å². The molecule has 24 heteroatoms. The SMILES string of the molecule is FP1(F)=NP(F)(F)=NP(F)(F)=NP(F)(F)=NP(F)(F)=NP(F)(F)=N1. The summed E-state index contributed by atoms with van der Waals surface area (Å²) in [6.07, 6.45) is 0. The lowest BCUT2D eigenvalue weighted by molar-refractivity contribution is 0.682. The minimum absolute atomic E-state index is 1.06. The van der Waals surface area contributed by atoms with Gasteiger partial charge in [0.2, 0.25) is 0 Å². The predicted molar refractivity (Wildman–Crippen MR) is 69.4 cm³/mol. The van der Waals surface area contributed by atoms with Gasteiger partial charge in [0.1, 0.15) is 0 Å². The molecule has 0 radical (unpaired) electrons. The minimum atomic E-state index is -7.11. The van der Waals surface area contributed by atoms with Crippen LogP contribution in [0.1, 0.15) is 0 Å². The zero-order valence-electron chi connectivity index (χ0n) is 9.90. The first-order chi connectivity index (χ1) is 10.2. The highest BCUT2D eigenvalue weighted by Gasteiger charge is 2.40. The highest BCUT2D eigenvalue weighted by atomic mass is 31.3. The van der Waals surface area contributed by atoms with E-state index in [1.54, 1.807) is 0 Å². The van der Waals surface area contributed by atoms with E-state index < -0.39 is 47.0 Å². The molecule has 0 aromatic rings. The van der Waals surface area contributed by atoms with Crippen LogP contribution in [0.4, 0.5) is 50.4 Å². The second-order valence-corrected chi connectivity index (χ2v) is 13.0. The quantitative estimate of drug-likeness (QED) is 0.236. The average molecular weight is 498 g/mol. The van der Waals surface area contributed by atoms with E-state index in [0.717, 1.165) is 27.1 Å². The van der Waals surface area contributed by atoms with Crippen LogP contribution in [-0.2, 0) is 0 Å². The largest absolute Gasteiger partial charge is 0.425 e. The Morgan fingerprint density at radius 1 is 0.250 bits per heavy atom. The Bertz CT molecular complexity index is 621. The highest BCUT2D eigenvalue weighted by molar-refractivity contribution is 7.78. The van der Waals surface area contributed by atoms with Crippen molar-refractivity contribution in [2.45, 2.75) is 0 Å². The molecule has 6 nitrogen and oxygen atoms in total. The standard InChI is InChI=1S/F12N6P6/c1-19(2)13-20(3,4)15-22(7,8)17-24(11,12)18-23(9,10)16-21(5,6)14-19. The van der Waals surface area contributed by atoms with E-state index in [9.17, 15) is 50.4 Å². The fourth-order valence-corrected chi connectivity index (χ4v) is 9.89. The van der Waals surface area contributed by atoms with E-state index in [2.05, 4.69) is 0 Å². The summed E-state index contributed by atoms with van der Waals surface area (Å²) in [5.74, 6) is 0. The first-order valence-electron chi connectivity index (χ1n) is 4.43. The van der Waals surface area contributed by atoms with Gasteiger partial charge in [-0.25, -0.2) is 0 Å². The normalized spacial score (nSPS) is 29.5. The summed E-state index contributed by atoms with van der Waals surface area (Å²) in [6, 6.07) is 0. The molecule has 1 heterocycles. The molecule has 0 aliphatic carbocycles. The Hall–Kier alpha value is 0.540. The Balaban J connectivity index is 4.07. The van der Waals surface area contributed by atoms with Gasteiger partial charge in [-0.2, -0.15) is 0 Å². The van der Waals surface area contributed by atoms with Gasteiger partial charge in [-0.05, 0) is 0 Å². The molecule has 0 atom stereocenters. The minimum Gasteiger partial charge on any atom is -0.149 e. The lowest BCUT2D eigenvalue weighted by Crippen LogP contribution is -1.67. The maximum absolute atomic E-state index is 12.9. The summed E-state index contributed by atoms with van der Waals surface area (Å²) < 4.78 is 161. The van der Waals surface area contributed by atoms with E-state index in [1.165, 1.54) is 0 Å². The molecule has 1 aliphatic rings. The average Bonchev–Trinajstić information content (AvgIpc) is 1.98. The van der Waals surface area contributed by atoms with E-state index in [4.69, 9.17) is 0 Å². The molecule has 0 aromatic carbocycles. The van der Waals surface area contributed by atoms with Crippen molar-refractivity contribution in [3.63, 3.8) is 0 Å². The van der Waals surface area contributed by atoms with Crippen LogP contribution < -0.4 is 0 Å². The van der Waals surface area contributed by atoms with Crippen molar-refractivity contribution >= 4 is 47.0 Å². The van der Waals surface area contributed by atoms with Gasteiger partial charge in [-0.3, -0.25) is 0 Å². The van der Waals surface area contributed by atoms with Crippen LogP contribution in [0.5, 0.6) is 0 Å². The molecule has 0 unspecified atom stereocenters. The van der Waals surface area contributed by atoms with Crippen LogP contribution in [-0.4, -0.2) is 0 Å². The number of hydrogen-bond acceptors (Lipinski definition) is 6. The van der Waals surface area contributed by atoms with Gasteiger partial charge in [-0.15, -0.1) is 77.5 Å². The summed E-state index contributed by atoms with van der Waals surface area (Å²) in [7, 11) is -42.6. The van der Waals surface area contributed by atoms with Crippen LogP contribution >= 0.6 is 47.0 Å². The van der Waals surface area contributed by atoms with Crippen molar-refractivity contribution in [3.8, 4) is 0 Å². The van der Waals surface area contributed by atoms with E-state index in [1.807, 2.05) is 0 Å². The molecule has 0 N–H and O–H groups in total. The Morgan fingerprint density at radius 3 is 0.417 bits per heavy atom. The van der Waals surface area contributed by atoms with Gasteiger partial charge >= 0.3 is 47.0 Å². The molecular formula is F12N6P6. The summed E-state index contributed by atoms with van der Waals surface area (Å²) >= 11 is 0. The summed E-state index contributed by atoms with van der Waals surface area (Å²) in [6.45, 7) is 0. The Kier molecular flexibility index (Phi) is 6.22. The first-order valence-corrected chi connectivity index (χ1v) is 13.3. The summed E-state index contributed by atoms with van der Waals surface area (Å²) in [4.78, 5) is 0. The van der Waals surface area contributed by atoms with Crippen LogP contribution in [0.15, 0.2) is 27.1 Å². The van der Waals surface area contributed by atoms with Gasteiger partial charge < -0.3 is 0 Å². The van der Waals surface area contributed by atoms with Crippen molar-refractivity contribution in [1.29, 1.82) is 0 Å². The Morgan fingerprint density at radius 2 is 0.333 bits per heavy atom. The lowest BCUT2D eigenvalue weighted by atomic mass is 13.8. The zero-order chi connectivity index (χ0) is 19.2. The van der Waals surface area contributed by atoms with Crippen molar-refractivity contribution in [3.05, 3.63) is 0 Å². The number of halogens is 12. The Labute approximate surface area is 125 Å². The van der Waals surface area contributed by atoms with E-state index >= 15 is 0 Å². The highest BCUT2D eigenvalue weighted by Crippen LogP contribution is 2.83.